The van der Waals surface area contributed by atoms with Crippen LogP contribution in [0.3, 0.4) is 0 Å². The summed E-state index contributed by atoms with van der Waals surface area (Å²) < 4.78 is 10.9. The van der Waals surface area contributed by atoms with E-state index in [0.29, 0.717) is 30.5 Å². The zero-order valence-corrected chi connectivity index (χ0v) is 13.1. The minimum atomic E-state index is -0.385. The summed E-state index contributed by atoms with van der Waals surface area (Å²) in [5, 5.41) is 3.21. The molecule has 118 valence electrons. The van der Waals surface area contributed by atoms with E-state index in [-0.39, 0.29) is 23.2 Å². The molecule has 5 nitrogen and oxygen atoms in total. The van der Waals surface area contributed by atoms with Crippen LogP contribution in [0.4, 0.5) is 0 Å². The molecule has 0 unspecified atom stereocenters. The number of ether oxygens (including phenoxy) is 1. The smallest absolute Gasteiger partial charge is 0.287 e. The Morgan fingerprint density at radius 3 is 2.82 bits per heavy atom. The van der Waals surface area contributed by atoms with E-state index in [2.05, 4.69) is 5.32 Å². The summed E-state index contributed by atoms with van der Waals surface area (Å²) in [7, 11) is 0. The van der Waals surface area contributed by atoms with Gasteiger partial charge in [0.2, 0.25) is 0 Å². The van der Waals surface area contributed by atoms with Crippen LogP contribution in [0.15, 0.2) is 33.5 Å². The van der Waals surface area contributed by atoms with Gasteiger partial charge in [-0.3, -0.25) is 9.59 Å². The molecule has 0 aliphatic carbocycles. The molecule has 0 aliphatic heterocycles. The Bertz CT molecular complexity index is 718. The van der Waals surface area contributed by atoms with E-state index in [9.17, 15) is 9.59 Å². The lowest BCUT2D eigenvalue weighted by Gasteiger charge is -2.08. The fourth-order valence-electron chi connectivity index (χ4n) is 2.06. The molecule has 0 radical (unpaired) electrons. The first-order chi connectivity index (χ1) is 10.5. The van der Waals surface area contributed by atoms with Gasteiger partial charge in [0, 0.05) is 19.2 Å². The van der Waals surface area contributed by atoms with E-state index in [1.165, 1.54) is 6.07 Å². The Kier molecular flexibility index (Phi) is 5.33. The third-order valence-electron chi connectivity index (χ3n) is 3.16. The van der Waals surface area contributed by atoms with Crippen molar-refractivity contribution in [1.82, 2.24) is 5.32 Å². The molecule has 0 saturated carbocycles. The number of hydrogen-bond donors (Lipinski definition) is 1. The van der Waals surface area contributed by atoms with E-state index in [4.69, 9.17) is 9.15 Å². The molecule has 1 heterocycles. The molecule has 2 rings (SSSR count). The first kappa shape index (κ1) is 16.2. The van der Waals surface area contributed by atoms with Crippen molar-refractivity contribution < 1.29 is 13.9 Å². The predicted octanol–water partition coefficient (Wildman–Crippen LogP) is 2.65. The molecule has 0 fully saturated rings. The Balaban J connectivity index is 2.03. The Morgan fingerprint density at radius 1 is 1.32 bits per heavy atom. The summed E-state index contributed by atoms with van der Waals surface area (Å²) in [6.45, 7) is 6.88. The molecule has 1 amide bonds. The van der Waals surface area contributed by atoms with E-state index >= 15 is 0 Å². The van der Waals surface area contributed by atoms with Crippen molar-refractivity contribution in [3.63, 3.8) is 0 Å². The lowest BCUT2D eigenvalue weighted by molar-refractivity contribution is 0.0753. The molecule has 5 heteroatoms. The Labute approximate surface area is 129 Å². The fourth-order valence-corrected chi connectivity index (χ4v) is 2.06. The number of amides is 1. The van der Waals surface area contributed by atoms with Gasteiger partial charge >= 0.3 is 0 Å². The maximum Gasteiger partial charge on any atom is 0.287 e. The van der Waals surface area contributed by atoms with Crippen molar-refractivity contribution in [3.8, 4) is 0 Å². The summed E-state index contributed by atoms with van der Waals surface area (Å²) in [5.41, 5.74) is 1.19. The molecule has 2 aromatic rings. The van der Waals surface area contributed by atoms with Gasteiger partial charge in [-0.1, -0.05) is 11.6 Å². The third-order valence-corrected chi connectivity index (χ3v) is 3.16. The number of carbonyl (C=O) groups excluding carboxylic acids is 1. The van der Waals surface area contributed by atoms with Crippen molar-refractivity contribution in [2.75, 3.05) is 13.2 Å². The first-order valence-electron chi connectivity index (χ1n) is 7.41. The maximum absolute atomic E-state index is 12.0. The molecular formula is C17H21NO4. The zero-order chi connectivity index (χ0) is 16.1. The first-order valence-corrected chi connectivity index (χ1v) is 7.41. The normalized spacial score (nSPS) is 11.1. The topological polar surface area (TPSA) is 68.5 Å². The molecule has 1 aromatic heterocycles. The van der Waals surface area contributed by atoms with Crippen LogP contribution in [0.2, 0.25) is 0 Å². The molecule has 1 N–H and O–H groups in total. The summed E-state index contributed by atoms with van der Waals surface area (Å²) in [6.07, 6.45) is 0.888. The van der Waals surface area contributed by atoms with Gasteiger partial charge in [0.25, 0.3) is 5.91 Å². The molecule has 22 heavy (non-hydrogen) atoms. The van der Waals surface area contributed by atoms with Crippen molar-refractivity contribution >= 4 is 16.9 Å². The van der Waals surface area contributed by atoms with Crippen LogP contribution in [-0.4, -0.2) is 25.2 Å². The van der Waals surface area contributed by atoms with Gasteiger partial charge in [-0.25, -0.2) is 0 Å². The number of rotatable bonds is 6. The summed E-state index contributed by atoms with van der Waals surface area (Å²) in [6, 6.07) is 6.55. The largest absolute Gasteiger partial charge is 0.451 e. The van der Waals surface area contributed by atoms with E-state index in [0.717, 1.165) is 5.56 Å². The highest BCUT2D eigenvalue weighted by Crippen LogP contribution is 2.14. The second-order valence-electron chi connectivity index (χ2n) is 5.50. The maximum atomic E-state index is 12.0. The molecule has 0 bridgehead atoms. The fraction of sp³-hybridized carbons (Fsp3) is 0.412. The average molecular weight is 303 g/mol. The van der Waals surface area contributed by atoms with Crippen LogP contribution in [0, 0.1) is 6.92 Å². The van der Waals surface area contributed by atoms with Crippen molar-refractivity contribution in [3.05, 3.63) is 45.8 Å². The monoisotopic (exact) mass is 303 g/mol. The predicted molar refractivity (Wildman–Crippen MR) is 85.3 cm³/mol. The number of benzene rings is 1. The number of aryl methyl sites for hydroxylation is 1. The van der Waals surface area contributed by atoms with Gasteiger partial charge in [-0.15, -0.1) is 0 Å². The highest BCUT2D eigenvalue weighted by molar-refractivity contribution is 5.93. The van der Waals surface area contributed by atoms with Gasteiger partial charge in [0.05, 0.1) is 11.5 Å². The minimum Gasteiger partial charge on any atom is -0.451 e. The minimum absolute atomic E-state index is 0.0335. The van der Waals surface area contributed by atoms with Gasteiger partial charge < -0.3 is 14.5 Å². The quantitative estimate of drug-likeness (QED) is 0.833. The van der Waals surface area contributed by atoms with Crippen LogP contribution in [-0.2, 0) is 4.74 Å². The summed E-state index contributed by atoms with van der Waals surface area (Å²) in [4.78, 5) is 24.1. The van der Waals surface area contributed by atoms with Crippen LogP contribution < -0.4 is 10.7 Å². The lowest BCUT2D eigenvalue weighted by atomic mass is 10.1. The number of carbonyl (C=O) groups is 1. The van der Waals surface area contributed by atoms with Crippen molar-refractivity contribution in [1.29, 1.82) is 0 Å². The number of hydrogen-bond acceptors (Lipinski definition) is 4. The van der Waals surface area contributed by atoms with Gasteiger partial charge in [-0.2, -0.15) is 0 Å². The summed E-state index contributed by atoms with van der Waals surface area (Å²) >= 11 is 0. The second-order valence-corrected chi connectivity index (χ2v) is 5.50. The molecule has 0 atom stereocenters. The molecule has 0 saturated heterocycles. The standard InChI is InChI=1S/C17H21NO4/c1-11(2)21-8-4-7-18-17(20)16-10-14(19)13-9-12(3)5-6-15(13)22-16/h5-6,9-11H,4,7-8H2,1-3H3,(H,18,20). The van der Waals surface area contributed by atoms with Gasteiger partial charge in [0.15, 0.2) is 11.2 Å². The molecule has 0 aliphatic rings. The molecule has 1 aromatic carbocycles. The highest BCUT2D eigenvalue weighted by atomic mass is 16.5. The SMILES string of the molecule is Cc1ccc2oc(C(=O)NCCCOC(C)C)cc(=O)c2c1. The van der Waals surface area contributed by atoms with Gasteiger partial charge in [0.1, 0.15) is 5.58 Å². The van der Waals surface area contributed by atoms with Crippen molar-refractivity contribution in [2.45, 2.75) is 33.3 Å². The van der Waals surface area contributed by atoms with E-state index in [1.807, 2.05) is 26.8 Å². The molecule has 0 spiro atoms. The number of nitrogens with one attached hydrogen (secondary N) is 1. The zero-order valence-electron chi connectivity index (χ0n) is 13.1. The number of fused-ring (bicyclic) bond motifs is 1. The van der Waals surface area contributed by atoms with Gasteiger partial charge in [-0.05, 0) is 39.3 Å². The lowest BCUT2D eigenvalue weighted by Crippen LogP contribution is -2.26. The summed E-state index contributed by atoms with van der Waals surface area (Å²) in [5.74, 6) is -0.352. The van der Waals surface area contributed by atoms with Crippen LogP contribution in [0.1, 0.15) is 36.4 Å². The van der Waals surface area contributed by atoms with Crippen molar-refractivity contribution in [2.24, 2.45) is 0 Å². The van der Waals surface area contributed by atoms with E-state index < -0.39 is 0 Å². The van der Waals surface area contributed by atoms with Crippen LogP contribution >= 0.6 is 0 Å². The van der Waals surface area contributed by atoms with Crippen LogP contribution in [0.5, 0.6) is 0 Å². The Morgan fingerprint density at radius 2 is 2.09 bits per heavy atom. The average Bonchev–Trinajstić information content (AvgIpc) is 2.47. The van der Waals surface area contributed by atoms with Crippen LogP contribution in [0.25, 0.3) is 11.0 Å². The van der Waals surface area contributed by atoms with E-state index in [1.54, 1.807) is 12.1 Å². The molecular weight excluding hydrogens is 282 g/mol. The third kappa shape index (κ3) is 4.18. The Hall–Kier alpha value is -2.14. The second kappa shape index (κ2) is 7.22. The highest BCUT2D eigenvalue weighted by Gasteiger charge is 2.11.